The summed E-state index contributed by atoms with van der Waals surface area (Å²) < 4.78 is 1.87. The summed E-state index contributed by atoms with van der Waals surface area (Å²) in [6.45, 7) is 0.605. The van der Waals surface area contributed by atoms with Crippen molar-refractivity contribution < 1.29 is 4.79 Å². The third-order valence-electron chi connectivity index (χ3n) is 3.91. The van der Waals surface area contributed by atoms with Crippen molar-refractivity contribution in [3.05, 3.63) is 53.7 Å². The Morgan fingerprint density at radius 1 is 1.20 bits per heavy atom. The average Bonchev–Trinajstić information content (AvgIpc) is 3.03. The van der Waals surface area contributed by atoms with Crippen LogP contribution in [-0.4, -0.2) is 15.7 Å². The molecule has 1 aliphatic heterocycles. The van der Waals surface area contributed by atoms with Crippen molar-refractivity contribution in [2.75, 3.05) is 0 Å². The van der Waals surface area contributed by atoms with Crippen LogP contribution in [0.4, 0.5) is 0 Å². The number of hydrogen-bond donors (Lipinski definition) is 1. The normalized spacial score (nSPS) is 13.6. The maximum atomic E-state index is 11.7. The van der Waals surface area contributed by atoms with Crippen LogP contribution in [0.5, 0.6) is 0 Å². The van der Waals surface area contributed by atoms with Crippen molar-refractivity contribution in [2.24, 2.45) is 7.05 Å². The molecule has 98 valence electrons. The molecular formula is C16H13N3O. The van der Waals surface area contributed by atoms with Gasteiger partial charge in [-0.1, -0.05) is 24.3 Å². The van der Waals surface area contributed by atoms with Gasteiger partial charge in [0.15, 0.2) is 0 Å². The molecule has 4 heteroatoms. The molecular weight excluding hydrogens is 250 g/mol. The van der Waals surface area contributed by atoms with Gasteiger partial charge in [0.1, 0.15) is 0 Å². The number of aromatic nitrogens is 2. The molecule has 1 N–H and O–H groups in total. The van der Waals surface area contributed by atoms with Gasteiger partial charge in [-0.2, -0.15) is 5.10 Å². The molecule has 4 rings (SSSR count). The summed E-state index contributed by atoms with van der Waals surface area (Å²) in [5.41, 5.74) is 5.20. The van der Waals surface area contributed by atoms with E-state index in [1.165, 1.54) is 0 Å². The third-order valence-corrected chi connectivity index (χ3v) is 3.91. The van der Waals surface area contributed by atoms with Crippen LogP contribution in [0.2, 0.25) is 0 Å². The van der Waals surface area contributed by atoms with E-state index in [9.17, 15) is 4.79 Å². The third kappa shape index (κ3) is 1.48. The van der Waals surface area contributed by atoms with Crippen LogP contribution in [0.1, 0.15) is 15.9 Å². The van der Waals surface area contributed by atoms with Crippen molar-refractivity contribution >= 4 is 16.8 Å². The van der Waals surface area contributed by atoms with E-state index in [2.05, 4.69) is 34.7 Å². The first-order valence-electron chi connectivity index (χ1n) is 6.56. The number of nitrogens with one attached hydrogen (secondary N) is 1. The van der Waals surface area contributed by atoms with Gasteiger partial charge in [0.2, 0.25) is 0 Å². The second-order valence-corrected chi connectivity index (χ2v) is 5.06. The second-order valence-electron chi connectivity index (χ2n) is 5.06. The fourth-order valence-corrected chi connectivity index (χ4v) is 2.84. The number of carbonyl (C=O) groups excluding carboxylic acids is 1. The Morgan fingerprint density at radius 3 is 2.95 bits per heavy atom. The van der Waals surface area contributed by atoms with Crippen molar-refractivity contribution in [2.45, 2.75) is 6.54 Å². The summed E-state index contributed by atoms with van der Waals surface area (Å²) in [7, 11) is 1.94. The predicted octanol–water partition coefficient (Wildman–Crippen LogP) is 2.48. The van der Waals surface area contributed by atoms with Gasteiger partial charge in [0.05, 0.1) is 11.7 Å². The lowest BCUT2D eigenvalue weighted by Crippen LogP contribution is -2.12. The fourth-order valence-electron chi connectivity index (χ4n) is 2.84. The summed E-state index contributed by atoms with van der Waals surface area (Å²) in [4.78, 5) is 11.7. The topological polar surface area (TPSA) is 46.9 Å². The summed E-state index contributed by atoms with van der Waals surface area (Å²) in [5.74, 6) is 0.0171. The zero-order chi connectivity index (χ0) is 13.7. The number of rotatable bonds is 1. The van der Waals surface area contributed by atoms with E-state index >= 15 is 0 Å². The van der Waals surface area contributed by atoms with Gasteiger partial charge in [0, 0.05) is 24.5 Å². The van der Waals surface area contributed by atoms with E-state index in [0.29, 0.717) is 6.54 Å². The molecule has 0 radical (unpaired) electrons. The summed E-state index contributed by atoms with van der Waals surface area (Å²) in [5, 5.41) is 8.27. The Kier molecular flexibility index (Phi) is 2.21. The number of nitrogens with zero attached hydrogens (tertiary/aromatic N) is 2. The number of carbonyl (C=O) groups is 1. The van der Waals surface area contributed by atoms with Crippen LogP contribution < -0.4 is 5.32 Å². The van der Waals surface area contributed by atoms with Crippen molar-refractivity contribution in [1.29, 1.82) is 0 Å². The maximum Gasteiger partial charge on any atom is 0.251 e. The number of amides is 1. The van der Waals surface area contributed by atoms with Gasteiger partial charge in [-0.25, -0.2) is 0 Å². The molecule has 0 saturated carbocycles. The molecule has 3 aromatic rings. The van der Waals surface area contributed by atoms with Crippen LogP contribution >= 0.6 is 0 Å². The minimum Gasteiger partial charge on any atom is -0.348 e. The van der Waals surface area contributed by atoms with Crippen LogP contribution in [0, 0.1) is 0 Å². The molecule has 2 heterocycles. The van der Waals surface area contributed by atoms with E-state index in [-0.39, 0.29) is 5.91 Å². The van der Waals surface area contributed by atoms with Crippen molar-refractivity contribution in [1.82, 2.24) is 15.1 Å². The molecule has 1 aromatic heterocycles. The highest BCUT2D eigenvalue weighted by molar-refractivity contribution is 6.00. The van der Waals surface area contributed by atoms with Gasteiger partial charge >= 0.3 is 0 Å². The van der Waals surface area contributed by atoms with E-state index < -0.39 is 0 Å². The monoisotopic (exact) mass is 263 g/mol. The molecule has 20 heavy (non-hydrogen) atoms. The average molecular weight is 263 g/mol. The lowest BCUT2D eigenvalue weighted by Gasteiger charge is -2.07. The Bertz CT molecular complexity index is 848. The molecule has 0 fully saturated rings. The first kappa shape index (κ1) is 11.2. The number of aryl methyl sites for hydroxylation is 1. The van der Waals surface area contributed by atoms with Crippen molar-refractivity contribution in [3.63, 3.8) is 0 Å². The SMILES string of the molecule is Cn1ncc2ccc(-c3cccc4c3CNC4=O)cc21. The maximum absolute atomic E-state index is 11.7. The minimum absolute atomic E-state index is 0.0171. The highest BCUT2D eigenvalue weighted by Crippen LogP contribution is 2.31. The van der Waals surface area contributed by atoms with Crippen molar-refractivity contribution in [3.8, 4) is 11.1 Å². The van der Waals surface area contributed by atoms with Crippen LogP contribution in [0.15, 0.2) is 42.6 Å². The first-order valence-corrected chi connectivity index (χ1v) is 6.56. The molecule has 0 aliphatic carbocycles. The molecule has 0 atom stereocenters. The highest BCUT2D eigenvalue weighted by atomic mass is 16.1. The van der Waals surface area contributed by atoms with E-state index in [1.807, 2.05) is 30.1 Å². The Balaban J connectivity index is 1.96. The van der Waals surface area contributed by atoms with E-state index in [0.717, 1.165) is 33.2 Å². The Labute approximate surface area is 116 Å². The molecule has 0 saturated heterocycles. The molecule has 0 unspecified atom stereocenters. The lowest BCUT2D eigenvalue weighted by atomic mass is 9.96. The minimum atomic E-state index is 0.0171. The summed E-state index contributed by atoms with van der Waals surface area (Å²) in [6, 6.07) is 12.2. The van der Waals surface area contributed by atoms with Gasteiger partial charge < -0.3 is 5.32 Å². The molecule has 0 bridgehead atoms. The fraction of sp³-hybridized carbons (Fsp3) is 0.125. The second kappa shape index (κ2) is 3.93. The zero-order valence-electron chi connectivity index (χ0n) is 11.1. The molecule has 2 aromatic carbocycles. The summed E-state index contributed by atoms with van der Waals surface area (Å²) in [6.07, 6.45) is 1.86. The van der Waals surface area contributed by atoms with Gasteiger partial charge in [-0.3, -0.25) is 9.48 Å². The van der Waals surface area contributed by atoms with Crippen LogP contribution in [0.25, 0.3) is 22.0 Å². The van der Waals surface area contributed by atoms with E-state index in [4.69, 9.17) is 0 Å². The number of hydrogen-bond acceptors (Lipinski definition) is 2. The smallest absolute Gasteiger partial charge is 0.251 e. The number of fused-ring (bicyclic) bond motifs is 2. The molecule has 1 amide bonds. The van der Waals surface area contributed by atoms with Gasteiger partial charge in [-0.15, -0.1) is 0 Å². The van der Waals surface area contributed by atoms with E-state index in [1.54, 1.807) is 0 Å². The quantitative estimate of drug-likeness (QED) is 0.733. The van der Waals surface area contributed by atoms with Crippen LogP contribution in [0.3, 0.4) is 0 Å². The Hall–Kier alpha value is -2.62. The Morgan fingerprint density at radius 2 is 2.05 bits per heavy atom. The molecule has 0 spiro atoms. The summed E-state index contributed by atoms with van der Waals surface area (Å²) >= 11 is 0. The first-order chi connectivity index (χ1) is 9.74. The van der Waals surface area contributed by atoms with Crippen LogP contribution in [-0.2, 0) is 13.6 Å². The molecule has 4 nitrogen and oxygen atoms in total. The highest BCUT2D eigenvalue weighted by Gasteiger charge is 2.21. The zero-order valence-corrected chi connectivity index (χ0v) is 11.1. The standard InChI is InChI=1S/C16H13N3O/c1-19-15-7-10(5-6-11(15)8-18-19)12-3-2-4-13-14(12)9-17-16(13)20/h2-8H,9H2,1H3,(H,17,20). The lowest BCUT2D eigenvalue weighted by molar-refractivity contribution is 0.0966. The molecule has 1 aliphatic rings. The van der Waals surface area contributed by atoms with Gasteiger partial charge in [0.25, 0.3) is 5.91 Å². The number of benzene rings is 2. The largest absolute Gasteiger partial charge is 0.348 e. The predicted molar refractivity (Wildman–Crippen MR) is 77.3 cm³/mol. The van der Waals surface area contributed by atoms with Gasteiger partial charge in [-0.05, 0) is 28.8 Å².